The summed E-state index contributed by atoms with van der Waals surface area (Å²) >= 11 is 3.48. The monoisotopic (exact) mass is 271 g/mol. The molecule has 0 aliphatic rings. The van der Waals surface area contributed by atoms with Crippen LogP contribution in [-0.2, 0) is 0 Å². The zero-order chi connectivity index (χ0) is 11.5. The molecule has 0 saturated heterocycles. The number of aromatic nitrogens is 1. The molecule has 1 rings (SSSR count). The van der Waals surface area contributed by atoms with E-state index >= 15 is 0 Å². The highest BCUT2D eigenvalue weighted by Crippen LogP contribution is 2.22. The average Bonchev–Trinajstić information content (AvgIpc) is 2.16. The Labute approximate surface area is 99.6 Å². The molecule has 84 valence electrons. The zero-order valence-electron chi connectivity index (χ0n) is 9.47. The maximum absolute atomic E-state index is 5.66. The number of pyridine rings is 1. The summed E-state index contributed by atoms with van der Waals surface area (Å²) in [5, 5.41) is 3.29. The molecule has 0 saturated carbocycles. The molecule has 0 fully saturated rings. The minimum atomic E-state index is 0.0893. The van der Waals surface area contributed by atoms with Crippen LogP contribution in [0.5, 0.6) is 0 Å². The van der Waals surface area contributed by atoms with E-state index in [0.29, 0.717) is 6.54 Å². The van der Waals surface area contributed by atoms with Gasteiger partial charge in [0.05, 0.1) is 4.47 Å². The molecule has 1 aromatic heterocycles. The minimum Gasteiger partial charge on any atom is -0.369 e. The van der Waals surface area contributed by atoms with Crippen molar-refractivity contribution < 1.29 is 0 Å². The van der Waals surface area contributed by atoms with Crippen LogP contribution in [0, 0.1) is 12.3 Å². The number of anilines is 1. The predicted octanol–water partition coefficient (Wildman–Crippen LogP) is 2.55. The van der Waals surface area contributed by atoms with Crippen LogP contribution in [0.2, 0.25) is 0 Å². The number of nitrogens with zero attached hydrogens (tertiary/aromatic N) is 1. The highest BCUT2D eigenvalue weighted by molar-refractivity contribution is 9.10. The lowest BCUT2D eigenvalue weighted by atomic mass is 9.94. The van der Waals surface area contributed by atoms with Crippen molar-refractivity contribution in [1.29, 1.82) is 0 Å². The maximum Gasteiger partial charge on any atom is 0.140 e. The molecule has 3 N–H and O–H groups in total. The summed E-state index contributed by atoms with van der Waals surface area (Å²) < 4.78 is 0.996. The van der Waals surface area contributed by atoms with Crippen molar-refractivity contribution >= 4 is 21.7 Å². The van der Waals surface area contributed by atoms with Gasteiger partial charge >= 0.3 is 0 Å². The molecule has 0 bridgehead atoms. The Morgan fingerprint density at radius 2 is 2.20 bits per heavy atom. The van der Waals surface area contributed by atoms with Crippen LogP contribution in [-0.4, -0.2) is 18.1 Å². The van der Waals surface area contributed by atoms with Crippen LogP contribution in [0.3, 0.4) is 0 Å². The topological polar surface area (TPSA) is 50.9 Å². The quantitative estimate of drug-likeness (QED) is 0.885. The van der Waals surface area contributed by atoms with Crippen molar-refractivity contribution in [3.8, 4) is 0 Å². The third-order valence-electron chi connectivity index (χ3n) is 2.26. The molecule has 0 aliphatic heterocycles. The average molecular weight is 272 g/mol. The molecular weight excluding hydrogens is 254 g/mol. The molecule has 0 radical (unpaired) electrons. The number of halogens is 1. The summed E-state index contributed by atoms with van der Waals surface area (Å²) in [6.45, 7) is 7.75. The summed E-state index contributed by atoms with van der Waals surface area (Å²) in [6.07, 6.45) is 1.85. The number of nitrogens with two attached hydrogens (primary N) is 1. The Hall–Kier alpha value is -0.610. The summed E-state index contributed by atoms with van der Waals surface area (Å²) in [5.41, 5.74) is 6.89. The van der Waals surface area contributed by atoms with Crippen molar-refractivity contribution in [2.24, 2.45) is 11.1 Å². The van der Waals surface area contributed by atoms with Crippen molar-refractivity contribution in [1.82, 2.24) is 4.98 Å². The van der Waals surface area contributed by atoms with Gasteiger partial charge in [-0.15, -0.1) is 0 Å². The SMILES string of the molecule is Cc1cnc(NCC(C)(C)CN)c(Br)c1. The second kappa shape index (κ2) is 4.94. The minimum absolute atomic E-state index is 0.0893. The molecule has 0 aliphatic carbocycles. The molecule has 3 nitrogen and oxygen atoms in total. The number of hydrogen-bond donors (Lipinski definition) is 2. The smallest absolute Gasteiger partial charge is 0.140 e. The van der Waals surface area contributed by atoms with E-state index in [-0.39, 0.29) is 5.41 Å². The number of aryl methyl sites for hydroxylation is 1. The standard InChI is InChI=1S/C11H18BrN3/c1-8-4-9(12)10(14-5-8)15-7-11(2,3)6-13/h4-5H,6-7,13H2,1-3H3,(H,14,15). The van der Waals surface area contributed by atoms with Crippen molar-refractivity contribution in [2.45, 2.75) is 20.8 Å². The Bertz CT molecular complexity index is 337. The van der Waals surface area contributed by atoms with E-state index in [9.17, 15) is 0 Å². The summed E-state index contributed by atoms with van der Waals surface area (Å²) in [6, 6.07) is 2.05. The van der Waals surface area contributed by atoms with E-state index in [1.54, 1.807) is 0 Å². The fourth-order valence-corrected chi connectivity index (χ4v) is 1.66. The van der Waals surface area contributed by atoms with E-state index < -0.39 is 0 Å². The second-order valence-corrected chi connectivity index (χ2v) is 5.42. The van der Waals surface area contributed by atoms with Gasteiger partial charge in [0.15, 0.2) is 0 Å². The van der Waals surface area contributed by atoms with Gasteiger partial charge in [-0.2, -0.15) is 0 Å². The maximum atomic E-state index is 5.66. The molecule has 0 unspecified atom stereocenters. The highest BCUT2D eigenvalue weighted by atomic mass is 79.9. The van der Waals surface area contributed by atoms with Gasteiger partial charge in [0, 0.05) is 12.7 Å². The fourth-order valence-electron chi connectivity index (χ4n) is 1.06. The zero-order valence-corrected chi connectivity index (χ0v) is 11.1. The Kier molecular flexibility index (Phi) is 4.11. The fraction of sp³-hybridized carbons (Fsp3) is 0.545. The third kappa shape index (κ3) is 3.80. The molecular formula is C11H18BrN3. The van der Waals surface area contributed by atoms with Gasteiger partial charge in [0.2, 0.25) is 0 Å². The van der Waals surface area contributed by atoms with Crippen molar-refractivity contribution in [3.63, 3.8) is 0 Å². The van der Waals surface area contributed by atoms with Crippen LogP contribution in [0.15, 0.2) is 16.7 Å². The predicted molar refractivity (Wildman–Crippen MR) is 68.0 cm³/mol. The Morgan fingerprint density at radius 3 is 2.73 bits per heavy atom. The first-order valence-corrected chi connectivity index (χ1v) is 5.80. The lowest BCUT2D eigenvalue weighted by Crippen LogP contribution is -2.31. The lowest BCUT2D eigenvalue weighted by molar-refractivity contribution is 0.405. The first-order chi connectivity index (χ1) is 6.94. The normalized spacial score (nSPS) is 11.5. The molecule has 0 atom stereocenters. The van der Waals surface area contributed by atoms with Crippen LogP contribution in [0.1, 0.15) is 19.4 Å². The summed E-state index contributed by atoms with van der Waals surface area (Å²) in [7, 11) is 0. The Morgan fingerprint density at radius 1 is 1.53 bits per heavy atom. The molecule has 1 aromatic rings. The third-order valence-corrected chi connectivity index (χ3v) is 2.87. The number of nitrogens with one attached hydrogen (secondary N) is 1. The molecule has 15 heavy (non-hydrogen) atoms. The molecule has 0 amide bonds. The van der Waals surface area contributed by atoms with E-state index in [4.69, 9.17) is 5.73 Å². The van der Waals surface area contributed by atoms with Gasteiger partial charge < -0.3 is 11.1 Å². The summed E-state index contributed by atoms with van der Waals surface area (Å²) in [5.74, 6) is 0.877. The van der Waals surface area contributed by atoms with Crippen molar-refractivity contribution in [2.75, 3.05) is 18.4 Å². The van der Waals surface area contributed by atoms with Crippen LogP contribution in [0.25, 0.3) is 0 Å². The lowest BCUT2D eigenvalue weighted by Gasteiger charge is -2.23. The largest absolute Gasteiger partial charge is 0.369 e. The first-order valence-electron chi connectivity index (χ1n) is 5.01. The van der Waals surface area contributed by atoms with E-state index in [1.165, 1.54) is 0 Å². The second-order valence-electron chi connectivity index (χ2n) is 4.56. The van der Waals surface area contributed by atoms with E-state index in [1.807, 2.05) is 19.2 Å². The van der Waals surface area contributed by atoms with Crippen LogP contribution >= 0.6 is 15.9 Å². The Balaban J connectivity index is 2.66. The highest BCUT2D eigenvalue weighted by Gasteiger charge is 2.15. The van der Waals surface area contributed by atoms with Crippen molar-refractivity contribution in [3.05, 3.63) is 22.3 Å². The molecule has 0 aromatic carbocycles. The van der Waals surface area contributed by atoms with Gasteiger partial charge in [0.1, 0.15) is 5.82 Å². The molecule has 1 heterocycles. The molecule has 4 heteroatoms. The number of hydrogen-bond acceptors (Lipinski definition) is 3. The van der Waals surface area contributed by atoms with Gasteiger partial charge in [-0.1, -0.05) is 13.8 Å². The van der Waals surface area contributed by atoms with Crippen LogP contribution < -0.4 is 11.1 Å². The van der Waals surface area contributed by atoms with Gasteiger partial charge in [-0.25, -0.2) is 4.98 Å². The first kappa shape index (κ1) is 12.5. The van der Waals surface area contributed by atoms with Gasteiger partial charge in [0.25, 0.3) is 0 Å². The van der Waals surface area contributed by atoms with Crippen LogP contribution in [0.4, 0.5) is 5.82 Å². The number of rotatable bonds is 4. The van der Waals surface area contributed by atoms with Gasteiger partial charge in [-0.3, -0.25) is 0 Å². The van der Waals surface area contributed by atoms with Gasteiger partial charge in [-0.05, 0) is 46.4 Å². The molecule has 0 spiro atoms. The summed E-state index contributed by atoms with van der Waals surface area (Å²) in [4.78, 5) is 4.32. The van der Waals surface area contributed by atoms with E-state index in [0.717, 1.165) is 22.4 Å². The van der Waals surface area contributed by atoms with E-state index in [2.05, 4.69) is 40.1 Å².